The Morgan fingerprint density at radius 3 is 2.30 bits per heavy atom. The van der Waals surface area contributed by atoms with Crippen LogP contribution in [0, 0.1) is 0 Å². The topological polar surface area (TPSA) is 38.1 Å². The summed E-state index contributed by atoms with van der Waals surface area (Å²) in [5.41, 5.74) is 2.02. The number of hydrogen-bond acceptors (Lipinski definition) is 3. The maximum atomic E-state index is 6.01. The van der Waals surface area contributed by atoms with Crippen molar-refractivity contribution in [2.24, 2.45) is 0 Å². The van der Waals surface area contributed by atoms with Gasteiger partial charge in [0.15, 0.2) is 5.76 Å². The van der Waals surface area contributed by atoms with Gasteiger partial charge in [-0.2, -0.15) is 0 Å². The van der Waals surface area contributed by atoms with Gasteiger partial charge >= 0.3 is 0 Å². The highest BCUT2D eigenvalue weighted by atomic mass is 35.5. The number of nitrogens with zero attached hydrogens (tertiary/aromatic N) is 1. The standard InChI is InChI=1S/C15H18Cl2N2O/c1-9(2)15-7-14(20-19-15)8-18-10(3)11-4-12(16)6-13(17)5-11/h4-7,9-10,18H,8H2,1-3H3/t10-/m1/s1. The van der Waals surface area contributed by atoms with E-state index in [1.54, 1.807) is 6.07 Å². The lowest BCUT2D eigenvalue weighted by molar-refractivity contribution is 0.359. The van der Waals surface area contributed by atoms with Crippen LogP contribution in [0.25, 0.3) is 0 Å². The molecule has 1 aromatic carbocycles. The molecule has 0 aliphatic rings. The molecule has 1 heterocycles. The third kappa shape index (κ3) is 3.98. The van der Waals surface area contributed by atoms with Crippen molar-refractivity contribution < 1.29 is 4.52 Å². The first-order valence-corrected chi connectivity index (χ1v) is 7.36. The SMILES string of the molecule is CC(C)c1cc(CN[C@H](C)c2cc(Cl)cc(Cl)c2)on1. The molecule has 0 aliphatic carbocycles. The van der Waals surface area contributed by atoms with E-state index in [4.69, 9.17) is 27.7 Å². The number of nitrogens with one attached hydrogen (secondary N) is 1. The minimum Gasteiger partial charge on any atom is -0.360 e. The Labute approximate surface area is 129 Å². The van der Waals surface area contributed by atoms with Gasteiger partial charge in [-0.05, 0) is 36.6 Å². The van der Waals surface area contributed by atoms with Crippen molar-refractivity contribution in [1.82, 2.24) is 10.5 Å². The lowest BCUT2D eigenvalue weighted by Gasteiger charge is -2.13. The maximum Gasteiger partial charge on any atom is 0.150 e. The number of halogens is 2. The first-order chi connectivity index (χ1) is 9.45. The molecule has 3 nitrogen and oxygen atoms in total. The molecule has 0 saturated heterocycles. The highest BCUT2D eigenvalue weighted by Crippen LogP contribution is 2.23. The van der Waals surface area contributed by atoms with E-state index < -0.39 is 0 Å². The van der Waals surface area contributed by atoms with Crippen molar-refractivity contribution in [3.8, 4) is 0 Å². The van der Waals surface area contributed by atoms with Crippen molar-refractivity contribution in [2.45, 2.75) is 39.3 Å². The van der Waals surface area contributed by atoms with Crippen LogP contribution in [0.1, 0.15) is 49.7 Å². The summed E-state index contributed by atoms with van der Waals surface area (Å²) in [7, 11) is 0. The average Bonchev–Trinajstić information content (AvgIpc) is 2.83. The molecule has 5 heteroatoms. The third-order valence-electron chi connectivity index (χ3n) is 3.14. The van der Waals surface area contributed by atoms with Crippen LogP contribution in [0.3, 0.4) is 0 Å². The summed E-state index contributed by atoms with van der Waals surface area (Å²) >= 11 is 12.0. The second-order valence-corrected chi connectivity index (χ2v) is 6.05. The van der Waals surface area contributed by atoms with E-state index in [9.17, 15) is 0 Å². The van der Waals surface area contributed by atoms with E-state index in [0.717, 1.165) is 17.0 Å². The van der Waals surface area contributed by atoms with Gasteiger partial charge in [0.25, 0.3) is 0 Å². The number of benzene rings is 1. The molecule has 0 bridgehead atoms. The average molecular weight is 313 g/mol. The lowest BCUT2D eigenvalue weighted by atomic mass is 10.1. The summed E-state index contributed by atoms with van der Waals surface area (Å²) in [4.78, 5) is 0. The summed E-state index contributed by atoms with van der Waals surface area (Å²) in [6, 6.07) is 7.65. The lowest BCUT2D eigenvalue weighted by Crippen LogP contribution is -2.17. The molecule has 0 fully saturated rings. The zero-order valence-electron chi connectivity index (χ0n) is 11.8. The zero-order chi connectivity index (χ0) is 14.7. The number of rotatable bonds is 5. The van der Waals surface area contributed by atoms with E-state index in [-0.39, 0.29) is 6.04 Å². The van der Waals surface area contributed by atoms with Crippen LogP contribution in [0.4, 0.5) is 0 Å². The van der Waals surface area contributed by atoms with Crippen molar-refractivity contribution >= 4 is 23.2 Å². The predicted octanol–water partition coefficient (Wildman–Crippen LogP) is 4.96. The molecular weight excluding hydrogens is 295 g/mol. The van der Waals surface area contributed by atoms with E-state index in [1.807, 2.05) is 18.2 Å². The highest BCUT2D eigenvalue weighted by molar-refractivity contribution is 6.34. The van der Waals surface area contributed by atoms with Gasteiger partial charge in [-0.15, -0.1) is 0 Å². The maximum absolute atomic E-state index is 6.01. The van der Waals surface area contributed by atoms with E-state index in [0.29, 0.717) is 22.5 Å². The van der Waals surface area contributed by atoms with Crippen molar-refractivity contribution in [3.63, 3.8) is 0 Å². The van der Waals surface area contributed by atoms with E-state index >= 15 is 0 Å². The third-order valence-corrected chi connectivity index (χ3v) is 3.57. The first-order valence-electron chi connectivity index (χ1n) is 6.60. The second-order valence-electron chi connectivity index (χ2n) is 5.18. The molecule has 2 aromatic rings. The molecule has 20 heavy (non-hydrogen) atoms. The summed E-state index contributed by atoms with van der Waals surface area (Å²) in [6.45, 7) is 6.85. The molecule has 0 amide bonds. The normalized spacial score (nSPS) is 12.9. The van der Waals surface area contributed by atoms with Crippen molar-refractivity contribution in [1.29, 1.82) is 0 Å². The molecule has 1 aromatic heterocycles. The van der Waals surface area contributed by atoms with Gasteiger partial charge in [0.05, 0.1) is 12.2 Å². The molecule has 1 atom stereocenters. The molecule has 108 valence electrons. The van der Waals surface area contributed by atoms with Crippen LogP contribution >= 0.6 is 23.2 Å². The number of hydrogen-bond donors (Lipinski definition) is 1. The van der Waals surface area contributed by atoms with Gasteiger partial charge in [0.1, 0.15) is 0 Å². The molecule has 0 radical (unpaired) electrons. The first kappa shape index (κ1) is 15.4. The monoisotopic (exact) mass is 312 g/mol. The Hall–Kier alpha value is -1.03. The molecule has 0 unspecified atom stereocenters. The van der Waals surface area contributed by atoms with Crippen LogP contribution in [-0.2, 0) is 6.54 Å². The van der Waals surface area contributed by atoms with E-state index in [1.165, 1.54) is 0 Å². The van der Waals surface area contributed by atoms with Crippen molar-refractivity contribution in [2.75, 3.05) is 0 Å². The van der Waals surface area contributed by atoms with Crippen LogP contribution in [-0.4, -0.2) is 5.16 Å². The minimum absolute atomic E-state index is 0.124. The fourth-order valence-corrected chi connectivity index (χ4v) is 2.42. The van der Waals surface area contributed by atoms with E-state index in [2.05, 4.69) is 31.2 Å². The summed E-state index contributed by atoms with van der Waals surface area (Å²) in [5, 5.41) is 8.69. The molecule has 1 N–H and O–H groups in total. The van der Waals surface area contributed by atoms with Crippen molar-refractivity contribution in [3.05, 3.63) is 51.3 Å². The van der Waals surface area contributed by atoms with Gasteiger partial charge < -0.3 is 9.84 Å². The number of aromatic nitrogens is 1. The fraction of sp³-hybridized carbons (Fsp3) is 0.400. The Balaban J connectivity index is 1.98. The van der Waals surface area contributed by atoms with Gasteiger partial charge in [-0.1, -0.05) is 42.2 Å². The van der Waals surface area contributed by atoms with Gasteiger partial charge in [0.2, 0.25) is 0 Å². The van der Waals surface area contributed by atoms with Gasteiger partial charge in [-0.25, -0.2) is 0 Å². The summed E-state index contributed by atoms with van der Waals surface area (Å²) < 4.78 is 5.30. The Bertz CT molecular complexity index is 561. The highest BCUT2D eigenvalue weighted by Gasteiger charge is 2.11. The molecule has 0 saturated carbocycles. The Morgan fingerprint density at radius 2 is 1.75 bits per heavy atom. The molecular formula is C15H18Cl2N2O. The fourth-order valence-electron chi connectivity index (χ4n) is 1.88. The van der Waals surface area contributed by atoms with Crippen LogP contribution in [0.2, 0.25) is 10.0 Å². The van der Waals surface area contributed by atoms with Crippen LogP contribution < -0.4 is 5.32 Å². The van der Waals surface area contributed by atoms with Gasteiger partial charge in [0, 0.05) is 22.2 Å². The van der Waals surface area contributed by atoms with Crippen LogP contribution in [0.15, 0.2) is 28.8 Å². The molecule has 0 aliphatic heterocycles. The smallest absolute Gasteiger partial charge is 0.150 e. The largest absolute Gasteiger partial charge is 0.360 e. The quantitative estimate of drug-likeness (QED) is 0.848. The Morgan fingerprint density at radius 1 is 1.10 bits per heavy atom. The molecule has 2 rings (SSSR count). The second kappa shape index (κ2) is 6.61. The predicted molar refractivity (Wildman–Crippen MR) is 82.3 cm³/mol. The van der Waals surface area contributed by atoms with Crippen LogP contribution in [0.5, 0.6) is 0 Å². The Kier molecular flexibility index (Phi) is 5.08. The van der Waals surface area contributed by atoms with Gasteiger partial charge in [-0.3, -0.25) is 0 Å². The zero-order valence-corrected chi connectivity index (χ0v) is 13.3. The summed E-state index contributed by atoms with van der Waals surface area (Å²) in [6.07, 6.45) is 0. The minimum atomic E-state index is 0.124. The summed E-state index contributed by atoms with van der Waals surface area (Å²) in [5.74, 6) is 1.20. The molecule has 0 spiro atoms.